The topological polar surface area (TPSA) is 49.7 Å². The first kappa shape index (κ1) is 14.0. The molecule has 9 heteroatoms. The van der Waals surface area contributed by atoms with E-state index in [0.717, 1.165) is 0 Å². The largest absolute Gasteiger partial charge is 0.380 e. The average molecular weight is 274 g/mol. The molecule has 0 heterocycles. The smallest absolute Gasteiger partial charge is 0.271 e. The summed E-state index contributed by atoms with van der Waals surface area (Å²) in [5, 5.41) is 17.9. The van der Waals surface area contributed by atoms with Crippen LogP contribution in [0.1, 0.15) is 5.56 Å². The zero-order chi connectivity index (χ0) is 13.4. The van der Waals surface area contributed by atoms with Crippen molar-refractivity contribution in [2.45, 2.75) is 12.4 Å². The Morgan fingerprint density at radius 3 is 1.59 bits per heavy atom. The van der Waals surface area contributed by atoms with Gasteiger partial charge in [-0.05, 0) is 0 Å². The first-order valence-electron chi connectivity index (χ1n) is 4.21. The van der Waals surface area contributed by atoms with Crippen molar-refractivity contribution in [3.8, 4) is 0 Å². The highest BCUT2D eigenvalue weighted by atomic mass is 28.2. The molecule has 0 spiro atoms. The number of rotatable bonds is 3. The van der Waals surface area contributed by atoms with E-state index in [2.05, 4.69) is 4.43 Å². The van der Waals surface area contributed by atoms with Gasteiger partial charge in [0.15, 0.2) is 33.8 Å². The van der Waals surface area contributed by atoms with Gasteiger partial charge in [0.25, 0.3) is 5.97 Å². The van der Waals surface area contributed by atoms with E-state index in [0.29, 0.717) is 0 Å². The van der Waals surface area contributed by atoms with Crippen LogP contribution in [-0.4, -0.2) is 26.7 Å². The number of benzene rings is 1. The lowest BCUT2D eigenvalue weighted by molar-refractivity contribution is -0.290. The Balaban J connectivity index is 3.35. The van der Waals surface area contributed by atoms with Crippen molar-refractivity contribution in [3.63, 3.8) is 0 Å². The highest BCUT2D eigenvalue weighted by molar-refractivity contribution is 5.98. The van der Waals surface area contributed by atoms with Crippen molar-refractivity contribution in [3.05, 3.63) is 34.6 Å². The molecule has 0 bridgehead atoms. The van der Waals surface area contributed by atoms with Crippen LogP contribution in [0.2, 0.25) is 0 Å². The van der Waals surface area contributed by atoms with Crippen molar-refractivity contribution >= 4 is 10.5 Å². The molecule has 2 N–H and O–H groups in total. The molecule has 0 radical (unpaired) electrons. The van der Waals surface area contributed by atoms with Gasteiger partial charge in [0, 0.05) is 5.56 Å². The summed E-state index contributed by atoms with van der Waals surface area (Å²) in [5.74, 6) is -13.8. The molecule has 0 aliphatic heterocycles. The van der Waals surface area contributed by atoms with Gasteiger partial charge < -0.3 is 14.6 Å². The highest BCUT2D eigenvalue weighted by Crippen LogP contribution is 2.25. The second-order valence-electron chi connectivity index (χ2n) is 3.17. The first-order valence-corrected chi connectivity index (χ1v) is 5.03. The molecule has 0 aliphatic carbocycles. The summed E-state index contributed by atoms with van der Waals surface area (Å²) >= 11 is 0. The van der Waals surface area contributed by atoms with Crippen molar-refractivity contribution < 1.29 is 36.6 Å². The summed E-state index contributed by atoms with van der Waals surface area (Å²) in [6.07, 6.45) is -1.28. The van der Waals surface area contributed by atoms with Gasteiger partial charge in [-0.15, -0.1) is 0 Å². The third-order valence-corrected chi connectivity index (χ3v) is 2.69. The Kier molecular flexibility index (Phi) is 3.87. The zero-order valence-electron chi connectivity index (χ0n) is 8.40. The van der Waals surface area contributed by atoms with Crippen molar-refractivity contribution in [1.29, 1.82) is 0 Å². The SMILES string of the molecule is OC(O)(Cc1c(F)c(F)c(F)c(F)c1F)O[SiH3]. The zero-order valence-corrected chi connectivity index (χ0v) is 10.4. The van der Waals surface area contributed by atoms with E-state index in [1.165, 1.54) is 0 Å². The minimum absolute atomic E-state index is 0.208. The Labute approximate surface area is 95.0 Å². The minimum Gasteiger partial charge on any atom is -0.380 e. The van der Waals surface area contributed by atoms with Crippen LogP contribution < -0.4 is 0 Å². The van der Waals surface area contributed by atoms with Crippen LogP contribution in [0.15, 0.2) is 0 Å². The summed E-state index contributed by atoms with van der Waals surface area (Å²) in [5.41, 5.74) is -1.35. The molecule has 1 aromatic carbocycles. The summed E-state index contributed by atoms with van der Waals surface area (Å²) in [4.78, 5) is 0. The standard InChI is InChI=1S/C8H7F5O3Si/c9-3-2(1-8(14,15)16-17)4(10)6(12)7(13)5(3)11/h14-15H,1H2,17H3. The van der Waals surface area contributed by atoms with Crippen LogP contribution in [0.4, 0.5) is 22.0 Å². The van der Waals surface area contributed by atoms with Gasteiger partial charge in [-0.3, -0.25) is 0 Å². The van der Waals surface area contributed by atoms with Gasteiger partial charge in [0.2, 0.25) is 5.82 Å². The predicted octanol–water partition coefficient (Wildman–Crippen LogP) is -0.140. The lowest BCUT2D eigenvalue weighted by Crippen LogP contribution is -2.34. The summed E-state index contributed by atoms with van der Waals surface area (Å²) in [6.45, 7) is 0. The lowest BCUT2D eigenvalue weighted by atomic mass is 10.1. The number of hydrogen-bond donors (Lipinski definition) is 2. The Morgan fingerprint density at radius 1 is 0.882 bits per heavy atom. The van der Waals surface area contributed by atoms with E-state index in [4.69, 9.17) is 10.2 Å². The van der Waals surface area contributed by atoms with Crippen molar-refractivity contribution in [2.24, 2.45) is 0 Å². The van der Waals surface area contributed by atoms with Crippen LogP contribution in [0.3, 0.4) is 0 Å². The van der Waals surface area contributed by atoms with E-state index >= 15 is 0 Å². The van der Waals surface area contributed by atoms with Crippen LogP contribution >= 0.6 is 0 Å². The number of hydrogen-bond acceptors (Lipinski definition) is 3. The van der Waals surface area contributed by atoms with E-state index in [1.807, 2.05) is 0 Å². The van der Waals surface area contributed by atoms with Crippen molar-refractivity contribution in [1.82, 2.24) is 0 Å². The number of halogens is 5. The monoisotopic (exact) mass is 274 g/mol. The second kappa shape index (κ2) is 4.68. The van der Waals surface area contributed by atoms with Gasteiger partial charge in [-0.1, -0.05) is 0 Å². The maximum atomic E-state index is 13.1. The van der Waals surface area contributed by atoms with Gasteiger partial charge in [0.1, 0.15) is 0 Å². The maximum absolute atomic E-state index is 13.1. The molecule has 96 valence electrons. The molecule has 1 rings (SSSR count). The van der Waals surface area contributed by atoms with Crippen LogP contribution in [0.25, 0.3) is 0 Å². The lowest BCUT2D eigenvalue weighted by Gasteiger charge is -2.20. The molecule has 17 heavy (non-hydrogen) atoms. The minimum atomic E-state index is -2.97. The third-order valence-electron chi connectivity index (χ3n) is 2.03. The average Bonchev–Trinajstić information content (AvgIpc) is 2.30. The van der Waals surface area contributed by atoms with Crippen LogP contribution in [0.5, 0.6) is 0 Å². The molecule has 0 aliphatic rings. The van der Waals surface area contributed by atoms with Gasteiger partial charge in [-0.25, -0.2) is 22.0 Å². The molecule has 0 aromatic heterocycles. The maximum Gasteiger partial charge on any atom is 0.271 e. The normalized spacial score (nSPS) is 12.2. The molecule has 0 unspecified atom stereocenters. The Morgan fingerprint density at radius 2 is 1.24 bits per heavy atom. The van der Waals surface area contributed by atoms with E-state index in [-0.39, 0.29) is 10.5 Å². The Hall–Kier alpha value is -1.03. The van der Waals surface area contributed by atoms with E-state index in [1.54, 1.807) is 0 Å². The Bertz CT molecular complexity index is 422. The third kappa shape index (κ3) is 2.62. The predicted molar refractivity (Wildman–Crippen MR) is 48.1 cm³/mol. The molecule has 0 saturated heterocycles. The van der Waals surface area contributed by atoms with Gasteiger partial charge >= 0.3 is 0 Å². The molecule has 0 saturated carbocycles. The van der Waals surface area contributed by atoms with Crippen LogP contribution in [-0.2, 0) is 10.8 Å². The van der Waals surface area contributed by atoms with Crippen LogP contribution in [0, 0.1) is 29.1 Å². The van der Waals surface area contributed by atoms with Gasteiger partial charge in [-0.2, -0.15) is 0 Å². The fraction of sp³-hybridized carbons (Fsp3) is 0.250. The van der Waals surface area contributed by atoms with E-state index in [9.17, 15) is 22.0 Å². The summed E-state index contributed by atoms with van der Waals surface area (Å²) in [6, 6.07) is 0. The highest BCUT2D eigenvalue weighted by Gasteiger charge is 2.32. The number of aliphatic hydroxyl groups is 2. The molecule has 0 atom stereocenters. The second-order valence-corrected chi connectivity index (χ2v) is 3.58. The molecule has 0 amide bonds. The summed E-state index contributed by atoms with van der Waals surface area (Å²) < 4.78 is 68.4. The van der Waals surface area contributed by atoms with E-state index < -0.39 is 47.0 Å². The van der Waals surface area contributed by atoms with Crippen molar-refractivity contribution in [2.75, 3.05) is 0 Å². The molecule has 3 nitrogen and oxygen atoms in total. The quantitative estimate of drug-likeness (QED) is 0.265. The molecule has 0 fully saturated rings. The van der Waals surface area contributed by atoms with Gasteiger partial charge in [0.05, 0.1) is 6.42 Å². The molecule has 1 aromatic rings. The first-order chi connectivity index (χ1) is 7.71. The molecular formula is C8H7F5O3Si. The fourth-order valence-electron chi connectivity index (χ4n) is 1.11. The summed E-state index contributed by atoms with van der Waals surface area (Å²) in [7, 11) is -0.208. The fourth-order valence-corrected chi connectivity index (χ4v) is 1.25. The molecular weight excluding hydrogens is 267 g/mol.